The van der Waals surface area contributed by atoms with Crippen LogP contribution in [-0.4, -0.2) is 18.6 Å². The average Bonchev–Trinajstić information content (AvgIpc) is 2.52. The molecular weight excluding hydrogens is 252 g/mol. The molecule has 0 aliphatic rings. The molecule has 0 aliphatic carbocycles. The maximum absolute atomic E-state index is 5.72. The van der Waals surface area contributed by atoms with Crippen molar-refractivity contribution in [3.63, 3.8) is 0 Å². The molecule has 2 rings (SSSR count). The van der Waals surface area contributed by atoms with Gasteiger partial charge in [0.25, 0.3) is 0 Å². The molecular formula is C16H20N2O2. The zero-order valence-electron chi connectivity index (χ0n) is 11.9. The van der Waals surface area contributed by atoms with Crippen molar-refractivity contribution in [2.45, 2.75) is 20.0 Å². The van der Waals surface area contributed by atoms with Crippen molar-refractivity contribution in [2.24, 2.45) is 0 Å². The van der Waals surface area contributed by atoms with Gasteiger partial charge in [-0.25, -0.2) is 4.98 Å². The van der Waals surface area contributed by atoms with E-state index in [4.69, 9.17) is 9.47 Å². The third-order valence-corrected chi connectivity index (χ3v) is 2.83. The third kappa shape index (κ3) is 4.16. The van der Waals surface area contributed by atoms with Gasteiger partial charge in [-0.2, -0.15) is 0 Å². The lowest BCUT2D eigenvalue weighted by Gasteiger charge is -2.08. The van der Waals surface area contributed by atoms with E-state index in [0.717, 1.165) is 35.8 Å². The molecule has 0 amide bonds. The van der Waals surface area contributed by atoms with Gasteiger partial charge in [-0.3, -0.25) is 0 Å². The molecule has 20 heavy (non-hydrogen) atoms. The van der Waals surface area contributed by atoms with Crippen LogP contribution in [0.1, 0.15) is 18.9 Å². The van der Waals surface area contributed by atoms with Crippen LogP contribution in [0, 0.1) is 0 Å². The smallest absolute Gasteiger partial charge is 0.125 e. The van der Waals surface area contributed by atoms with Crippen LogP contribution in [0.5, 0.6) is 11.5 Å². The molecule has 1 heterocycles. The summed E-state index contributed by atoms with van der Waals surface area (Å²) in [6.45, 7) is 3.56. The number of nitrogens with zero attached hydrogens (tertiary/aromatic N) is 1. The lowest BCUT2D eigenvalue weighted by molar-refractivity contribution is 0.303. The Kier molecular flexibility index (Phi) is 5.24. The molecule has 1 aromatic carbocycles. The molecule has 4 heteroatoms. The minimum absolute atomic E-state index is 0.494. The van der Waals surface area contributed by atoms with Crippen LogP contribution < -0.4 is 14.8 Å². The molecule has 1 N–H and O–H groups in total. The number of pyridine rings is 1. The van der Waals surface area contributed by atoms with Crippen molar-refractivity contribution >= 4 is 5.82 Å². The van der Waals surface area contributed by atoms with Crippen LogP contribution in [-0.2, 0) is 6.61 Å². The first-order valence-electron chi connectivity index (χ1n) is 6.77. The third-order valence-electron chi connectivity index (χ3n) is 2.83. The first-order chi connectivity index (χ1) is 9.81. The Balaban J connectivity index is 1.89. The minimum Gasteiger partial charge on any atom is -0.497 e. The Morgan fingerprint density at radius 3 is 2.70 bits per heavy atom. The monoisotopic (exact) mass is 272 g/mol. The summed E-state index contributed by atoms with van der Waals surface area (Å²) >= 11 is 0. The molecule has 106 valence electrons. The first kappa shape index (κ1) is 14.2. The first-order valence-corrected chi connectivity index (χ1v) is 6.77. The lowest BCUT2D eigenvalue weighted by atomic mass is 10.3. The highest BCUT2D eigenvalue weighted by atomic mass is 16.5. The van der Waals surface area contributed by atoms with Gasteiger partial charge in [0.1, 0.15) is 23.9 Å². The van der Waals surface area contributed by atoms with Crippen LogP contribution >= 0.6 is 0 Å². The summed E-state index contributed by atoms with van der Waals surface area (Å²) in [6, 6.07) is 11.6. The standard InChI is InChI=1S/C16H20N2O2/c1-3-9-17-16-8-7-13(11-18-16)12-20-15-6-4-5-14(10-15)19-2/h4-8,10-11H,3,9,12H2,1-2H3,(H,17,18). The number of methoxy groups -OCH3 is 1. The predicted molar refractivity (Wildman–Crippen MR) is 80.3 cm³/mol. The molecule has 0 aliphatic heterocycles. The van der Waals surface area contributed by atoms with Crippen LogP contribution in [0.15, 0.2) is 42.6 Å². The number of rotatable bonds is 7. The van der Waals surface area contributed by atoms with Crippen LogP contribution in [0.4, 0.5) is 5.82 Å². The number of benzene rings is 1. The van der Waals surface area contributed by atoms with Gasteiger partial charge in [0.2, 0.25) is 0 Å². The second-order valence-corrected chi connectivity index (χ2v) is 4.45. The summed E-state index contributed by atoms with van der Waals surface area (Å²) in [5.74, 6) is 2.48. The topological polar surface area (TPSA) is 43.4 Å². The highest BCUT2D eigenvalue weighted by molar-refractivity contribution is 5.36. The van der Waals surface area contributed by atoms with Gasteiger partial charge in [-0.15, -0.1) is 0 Å². The van der Waals surface area contributed by atoms with Crippen LogP contribution in [0.3, 0.4) is 0 Å². The van der Waals surface area contributed by atoms with Crippen molar-refractivity contribution in [3.05, 3.63) is 48.2 Å². The summed E-state index contributed by atoms with van der Waals surface area (Å²) in [5.41, 5.74) is 1.04. The number of aromatic nitrogens is 1. The maximum Gasteiger partial charge on any atom is 0.125 e. The summed E-state index contributed by atoms with van der Waals surface area (Å²) < 4.78 is 10.9. The second-order valence-electron chi connectivity index (χ2n) is 4.45. The molecule has 2 aromatic rings. The number of anilines is 1. The molecule has 0 fully saturated rings. The fraction of sp³-hybridized carbons (Fsp3) is 0.312. The molecule has 0 radical (unpaired) electrons. The summed E-state index contributed by atoms with van der Waals surface area (Å²) in [6.07, 6.45) is 2.92. The number of hydrogen-bond donors (Lipinski definition) is 1. The molecule has 0 bridgehead atoms. The highest BCUT2D eigenvalue weighted by Crippen LogP contribution is 2.20. The van der Waals surface area contributed by atoms with E-state index in [1.807, 2.05) is 42.6 Å². The van der Waals surface area contributed by atoms with Gasteiger partial charge in [-0.1, -0.05) is 19.1 Å². The SMILES string of the molecule is CCCNc1ccc(COc2cccc(OC)c2)cn1. The summed E-state index contributed by atoms with van der Waals surface area (Å²) in [5, 5.41) is 3.24. The largest absolute Gasteiger partial charge is 0.497 e. The Hall–Kier alpha value is -2.23. The Morgan fingerprint density at radius 1 is 1.15 bits per heavy atom. The molecule has 1 aromatic heterocycles. The number of ether oxygens (including phenoxy) is 2. The van der Waals surface area contributed by atoms with E-state index >= 15 is 0 Å². The van der Waals surface area contributed by atoms with Crippen LogP contribution in [0.25, 0.3) is 0 Å². The van der Waals surface area contributed by atoms with Crippen molar-refractivity contribution in [2.75, 3.05) is 19.0 Å². The van der Waals surface area contributed by atoms with Gasteiger partial charge >= 0.3 is 0 Å². The van der Waals surface area contributed by atoms with E-state index in [-0.39, 0.29) is 0 Å². The molecule has 4 nitrogen and oxygen atoms in total. The number of hydrogen-bond acceptors (Lipinski definition) is 4. The van der Waals surface area contributed by atoms with E-state index < -0.39 is 0 Å². The summed E-state index contributed by atoms with van der Waals surface area (Å²) in [4.78, 5) is 4.35. The Morgan fingerprint density at radius 2 is 2.00 bits per heavy atom. The van der Waals surface area contributed by atoms with Crippen molar-refractivity contribution in [1.82, 2.24) is 4.98 Å². The minimum atomic E-state index is 0.494. The van der Waals surface area contributed by atoms with Gasteiger partial charge in [0.15, 0.2) is 0 Å². The van der Waals surface area contributed by atoms with Crippen molar-refractivity contribution < 1.29 is 9.47 Å². The Labute approximate surface area is 119 Å². The fourth-order valence-electron chi connectivity index (χ4n) is 1.73. The maximum atomic E-state index is 5.72. The average molecular weight is 272 g/mol. The Bertz CT molecular complexity index is 526. The quantitative estimate of drug-likeness (QED) is 0.838. The molecule has 0 saturated carbocycles. The molecule has 0 saturated heterocycles. The second kappa shape index (κ2) is 7.38. The van der Waals surface area contributed by atoms with E-state index in [2.05, 4.69) is 17.2 Å². The molecule has 0 unspecified atom stereocenters. The van der Waals surface area contributed by atoms with Gasteiger partial charge in [0, 0.05) is 24.4 Å². The molecule has 0 spiro atoms. The van der Waals surface area contributed by atoms with Crippen molar-refractivity contribution in [1.29, 1.82) is 0 Å². The zero-order valence-corrected chi connectivity index (χ0v) is 11.9. The van der Waals surface area contributed by atoms with Gasteiger partial charge in [-0.05, 0) is 24.6 Å². The van der Waals surface area contributed by atoms with E-state index in [0.29, 0.717) is 6.61 Å². The lowest BCUT2D eigenvalue weighted by Crippen LogP contribution is -2.02. The van der Waals surface area contributed by atoms with Crippen LogP contribution in [0.2, 0.25) is 0 Å². The zero-order chi connectivity index (χ0) is 14.2. The van der Waals surface area contributed by atoms with E-state index in [1.165, 1.54) is 0 Å². The predicted octanol–water partition coefficient (Wildman–Crippen LogP) is 3.49. The normalized spacial score (nSPS) is 10.1. The molecule has 0 atom stereocenters. The van der Waals surface area contributed by atoms with E-state index in [9.17, 15) is 0 Å². The van der Waals surface area contributed by atoms with Gasteiger partial charge in [0.05, 0.1) is 7.11 Å². The fourth-order valence-corrected chi connectivity index (χ4v) is 1.73. The summed E-state index contributed by atoms with van der Waals surface area (Å²) in [7, 11) is 1.64. The van der Waals surface area contributed by atoms with Gasteiger partial charge < -0.3 is 14.8 Å². The van der Waals surface area contributed by atoms with E-state index in [1.54, 1.807) is 7.11 Å². The number of nitrogens with one attached hydrogen (secondary N) is 1. The van der Waals surface area contributed by atoms with Crippen molar-refractivity contribution in [3.8, 4) is 11.5 Å². The highest BCUT2D eigenvalue weighted by Gasteiger charge is 1.99.